The summed E-state index contributed by atoms with van der Waals surface area (Å²) in [7, 11) is 0. The Hall–Kier alpha value is -2.44. The Morgan fingerprint density at radius 1 is 1.41 bits per heavy atom. The minimum absolute atomic E-state index is 0.0296. The van der Waals surface area contributed by atoms with Gasteiger partial charge in [0.05, 0.1) is 0 Å². The van der Waals surface area contributed by atoms with Crippen LogP contribution in [-0.4, -0.2) is 31.3 Å². The van der Waals surface area contributed by atoms with Gasteiger partial charge in [-0.3, -0.25) is 0 Å². The van der Waals surface area contributed by atoms with Crippen LogP contribution in [0, 0.1) is 0 Å². The first-order valence-corrected chi connectivity index (χ1v) is 5.04. The Balaban J connectivity index is 2.28. The second-order valence-electron chi connectivity index (χ2n) is 3.50. The highest BCUT2D eigenvalue weighted by molar-refractivity contribution is 5.83. The highest BCUT2D eigenvalue weighted by atomic mass is 16.4. The largest absolute Gasteiger partial charge is 0.409 e. The molecular weight excluding hydrogens is 220 g/mol. The Morgan fingerprint density at radius 2 is 2.12 bits per heavy atom. The molecule has 1 atom stereocenters. The van der Waals surface area contributed by atoms with Crippen molar-refractivity contribution in [3.63, 3.8) is 0 Å². The van der Waals surface area contributed by atoms with E-state index < -0.39 is 6.04 Å². The van der Waals surface area contributed by atoms with Gasteiger partial charge < -0.3 is 10.9 Å². The molecule has 1 aromatic heterocycles. The van der Waals surface area contributed by atoms with Crippen LogP contribution in [0.3, 0.4) is 0 Å². The predicted octanol–water partition coefficient (Wildman–Crippen LogP) is 0.647. The summed E-state index contributed by atoms with van der Waals surface area (Å²) >= 11 is 0. The standard InChI is InChI=1S/C10H12N6O/c1-7(9(11)14-17)16-13-10(12-15-16)8-5-3-2-4-6-8/h2-7,17H,1H3,(H2,11,14). The molecule has 2 aromatic rings. The van der Waals surface area contributed by atoms with E-state index in [1.807, 2.05) is 30.3 Å². The van der Waals surface area contributed by atoms with Crippen LogP contribution in [0.1, 0.15) is 13.0 Å². The third-order valence-electron chi connectivity index (χ3n) is 2.35. The Kier molecular flexibility index (Phi) is 2.99. The zero-order valence-electron chi connectivity index (χ0n) is 9.22. The lowest BCUT2D eigenvalue weighted by Gasteiger charge is -2.06. The molecular formula is C10H12N6O. The number of nitrogens with zero attached hydrogens (tertiary/aromatic N) is 5. The van der Waals surface area contributed by atoms with E-state index in [1.54, 1.807) is 6.92 Å². The minimum Gasteiger partial charge on any atom is -0.409 e. The van der Waals surface area contributed by atoms with Crippen LogP contribution in [-0.2, 0) is 0 Å². The van der Waals surface area contributed by atoms with E-state index in [0.717, 1.165) is 5.56 Å². The molecule has 0 saturated heterocycles. The molecule has 0 radical (unpaired) electrons. The third-order valence-corrected chi connectivity index (χ3v) is 2.35. The molecule has 0 bridgehead atoms. The molecule has 17 heavy (non-hydrogen) atoms. The van der Waals surface area contributed by atoms with Gasteiger partial charge in [0.15, 0.2) is 5.84 Å². The van der Waals surface area contributed by atoms with Crippen LogP contribution in [0.4, 0.5) is 0 Å². The van der Waals surface area contributed by atoms with E-state index in [2.05, 4.69) is 20.6 Å². The number of amidine groups is 1. The third kappa shape index (κ3) is 2.22. The molecule has 0 aliphatic heterocycles. The van der Waals surface area contributed by atoms with E-state index in [9.17, 15) is 0 Å². The van der Waals surface area contributed by atoms with Crippen LogP contribution in [0.2, 0.25) is 0 Å². The van der Waals surface area contributed by atoms with E-state index in [4.69, 9.17) is 10.9 Å². The molecule has 3 N–H and O–H groups in total. The predicted molar refractivity (Wildman–Crippen MR) is 61.4 cm³/mol. The molecule has 0 aliphatic carbocycles. The molecule has 88 valence electrons. The molecule has 0 amide bonds. The quantitative estimate of drug-likeness (QED) is 0.350. The van der Waals surface area contributed by atoms with Crippen LogP contribution in [0.5, 0.6) is 0 Å². The first-order chi connectivity index (χ1) is 8.22. The van der Waals surface area contributed by atoms with Crippen molar-refractivity contribution in [2.45, 2.75) is 13.0 Å². The summed E-state index contributed by atoms with van der Waals surface area (Å²) in [6, 6.07) is 9.02. The molecule has 1 unspecified atom stereocenters. The Bertz CT molecular complexity index is 521. The number of hydrogen-bond acceptors (Lipinski definition) is 5. The highest BCUT2D eigenvalue weighted by Crippen LogP contribution is 2.13. The van der Waals surface area contributed by atoms with Gasteiger partial charge in [-0.25, -0.2) is 0 Å². The normalized spacial score (nSPS) is 13.6. The van der Waals surface area contributed by atoms with Crippen molar-refractivity contribution in [3.05, 3.63) is 30.3 Å². The summed E-state index contributed by atoms with van der Waals surface area (Å²) in [6.45, 7) is 1.71. The van der Waals surface area contributed by atoms with Gasteiger partial charge >= 0.3 is 0 Å². The van der Waals surface area contributed by atoms with Crippen LogP contribution >= 0.6 is 0 Å². The smallest absolute Gasteiger partial charge is 0.204 e. The molecule has 1 heterocycles. The summed E-state index contributed by atoms with van der Waals surface area (Å²) in [5.74, 6) is 0.533. The van der Waals surface area contributed by atoms with Crippen molar-refractivity contribution >= 4 is 5.84 Å². The number of benzene rings is 1. The fourth-order valence-electron chi connectivity index (χ4n) is 1.29. The fourth-order valence-corrected chi connectivity index (χ4v) is 1.29. The van der Waals surface area contributed by atoms with E-state index in [-0.39, 0.29) is 5.84 Å². The lowest BCUT2D eigenvalue weighted by atomic mass is 10.2. The zero-order valence-corrected chi connectivity index (χ0v) is 9.22. The number of hydrogen-bond donors (Lipinski definition) is 2. The lowest BCUT2D eigenvalue weighted by Crippen LogP contribution is -2.26. The van der Waals surface area contributed by atoms with Gasteiger partial charge in [0.1, 0.15) is 6.04 Å². The SMILES string of the molecule is CC(C(N)=NO)n1nnc(-c2ccccc2)n1. The van der Waals surface area contributed by atoms with E-state index >= 15 is 0 Å². The summed E-state index contributed by atoms with van der Waals surface area (Å²) in [4.78, 5) is 1.30. The van der Waals surface area contributed by atoms with Gasteiger partial charge in [0.2, 0.25) is 5.82 Å². The van der Waals surface area contributed by atoms with Gasteiger partial charge in [0.25, 0.3) is 0 Å². The van der Waals surface area contributed by atoms with Crippen LogP contribution in [0.25, 0.3) is 11.4 Å². The number of nitrogens with two attached hydrogens (primary N) is 1. The van der Waals surface area contributed by atoms with Crippen molar-refractivity contribution in [1.29, 1.82) is 0 Å². The summed E-state index contributed by atoms with van der Waals surface area (Å²) in [6.07, 6.45) is 0. The minimum atomic E-state index is -0.440. The van der Waals surface area contributed by atoms with E-state index in [0.29, 0.717) is 5.82 Å². The van der Waals surface area contributed by atoms with Gasteiger partial charge in [-0.1, -0.05) is 35.5 Å². The summed E-state index contributed by atoms with van der Waals surface area (Å²) in [5.41, 5.74) is 6.33. The van der Waals surface area contributed by atoms with Gasteiger partial charge in [-0.2, -0.15) is 4.80 Å². The first-order valence-electron chi connectivity index (χ1n) is 5.04. The van der Waals surface area contributed by atoms with Crippen molar-refractivity contribution < 1.29 is 5.21 Å². The monoisotopic (exact) mass is 232 g/mol. The highest BCUT2D eigenvalue weighted by Gasteiger charge is 2.14. The number of aromatic nitrogens is 4. The van der Waals surface area contributed by atoms with Crippen LogP contribution < -0.4 is 5.73 Å². The van der Waals surface area contributed by atoms with Crippen LogP contribution in [0.15, 0.2) is 35.5 Å². The van der Waals surface area contributed by atoms with Crippen molar-refractivity contribution in [2.24, 2.45) is 10.9 Å². The topological polar surface area (TPSA) is 102 Å². The number of tetrazole rings is 1. The Labute approximate surface area is 97.6 Å². The second-order valence-corrected chi connectivity index (χ2v) is 3.50. The van der Waals surface area contributed by atoms with Crippen molar-refractivity contribution in [3.8, 4) is 11.4 Å². The average Bonchev–Trinajstić information content (AvgIpc) is 2.87. The lowest BCUT2D eigenvalue weighted by molar-refractivity contribution is 0.312. The molecule has 1 aromatic carbocycles. The van der Waals surface area contributed by atoms with Gasteiger partial charge in [0, 0.05) is 5.56 Å². The van der Waals surface area contributed by atoms with Crippen molar-refractivity contribution in [2.75, 3.05) is 0 Å². The molecule has 0 aliphatic rings. The van der Waals surface area contributed by atoms with E-state index in [1.165, 1.54) is 4.80 Å². The zero-order chi connectivity index (χ0) is 12.3. The fraction of sp³-hybridized carbons (Fsp3) is 0.200. The van der Waals surface area contributed by atoms with Gasteiger partial charge in [-0.15, -0.1) is 10.2 Å². The number of oxime groups is 1. The maximum absolute atomic E-state index is 8.56. The maximum Gasteiger partial charge on any atom is 0.204 e. The molecule has 0 fully saturated rings. The first kappa shape index (κ1) is 11.1. The summed E-state index contributed by atoms with van der Waals surface area (Å²) in [5, 5.41) is 23.4. The average molecular weight is 232 g/mol. The molecule has 7 nitrogen and oxygen atoms in total. The summed E-state index contributed by atoms with van der Waals surface area (Å²) < 4.78 is 0. The van der Waals surface area contributed by atoms with Gasteiger partial charge in [-0.05, 0) is 12.1 Å². The molecule has 0 saturated carbocycles. The molecule has 0 spiro atoms. The number of rotatable bonds is 3. The second kappa shape index (κ2) is 4.60. The molecule has 7 heteroatoms. The maximum atomic E-state index is 8.56. The Morgan fingerprint density at radius 3 is 2.76 bits per heavy atom. The molecule has 2 rings (SSSR count). The van der Waals surface area contributed by atoms with Crippen molar-refractivity contribution in [1.82, 2.24) is 20.2 Å².